The van der Waals surface area contributed by atoms with Crippen molar-refractivity contribution in [2.45, 2.75) is 20.4 Å². The van der Waals surface area contributed by atoms with Crippen LogP contribution in [0, 0.1) is 0 Å². The van der Waals surface area contributed by atoms with E-state index in [0.29, 0.717) is 12.1 Å². The molecule has 0 spiro atoms. The molecule has 0 amide bonds. The van der Waals surface area contributed by atoms with Crippen molar-refractivity contribution in [2.24, 2.45) is 0 Å². The van der Waals surface area contributed by atoms with Gasteiger partial charge in [-0.15, -0.1) is 0 Å². The van der Waals surface area contributed by atoms with E-state index < -0.39 is 5.97 Å². The van der Waals surface area contributed by atoms with Crippen molar-refractivity contribution >= 4 is 5.97 Å². The summed E-state index contributed by atoms with van der Waals surface area (Å²) in [5.41, 5.74) is 1.12. The molecule has 3 heteroatoms. The molecule has 1 rings (SSSR count). The van der Waals surface area contributed by atoms with Crippen LogP contribution in [0.5, 0.6) is 0 Å². The highest BCUT2D eigenvalue weighted by molar-refractivity contribution is 5.88. The summed E-state index contributed by atoms with van der Waals surface area (Å²) in [6.45, 7) is 6.61. The zero-order valence-corrected chi connectivity index (χ0v) is 9.19. The summed E-state index contributed by atoms with van der Waals surface area (Å²) in [5.74, 6) is -1.10. The van der Waals surface area contributed by atoms with Gasteiger partial charge in [-0.2, -0.15) is 0 Å². The van der Waals surface area contributed by atoms with Gasteiger partial charge < -0.3 is 0 Å². The third-order valence-electron chi connectivity index (χ3n) is 2.53. The molecule has 0 aliphatic carbocycles. The van der Waals surface area contributed by atoms with Gasteiger partial charge in [0.15, 0.2) is 0 Å². The summed E-state index contributed by atoms with van der Waals surface area (Å²) in [7, 11) is 0. The van der Waals surface area contributed by atoms with Gasteiger partial charge in [-0.3, -0.25) is 4.90 Å². The first-order valence-corrected chi connectivity index (χ1v) is 5.20. The van der Waals surface area contributed by atoms with Crippen molar-refractivity contribution < 1.29 is 9.90 Å². The van der Waals surface area contributed by atoms with Crippen LogP contribution in [0.25, 0.3) is 0 Å². The number of hydrogen-bond donors (Lipinski definition) is 0. The Bertz CT molecular complexity index is 332. The Balaban J connectivity index is 2.88. The van der Waals surface area contributed by atoms with E-state index in [1.807, 2.05) is 12.1 Å². The second-order valence-corrected chi connectivity index (χ2v) is 3.41. The third-order valence-corrected chi connectivity index (χ3v) is 2.53. The average Bonchev–Trinajstić information content (AvgIpc) is 2.26. The lowest BCUT2D eigenvalue weighted by Crippen LogP contribution is -2.23. The monoisotopic (exact) mass is 206 g/mol. The lowest BCUT2D eigenvalue weighted by molar-refractivity contribution is 0.0570. The normalized spacial score (nSPS) is 10.6. The van der Waals surface area contributed by atoms with E-state index in [1.54, 1.807) is 12.1 Å². The Hall–Kier alpha value is -1.35. The van der Waals surface area contributed by atoms with Crippen molar-refractivity contribution in [3.8, 4) is 0 Å². The molecule has 81 valence electrons. The number of carbonyl (C=O) groups is 1. The Kier molecular flexibility index (Phi) is 4.31. The molecule has 0 unspecified atom stereocenters. The van der Waals surface area contributed by atoms with Crippen molar-refractivity contribution in [3.05, 3.63) is 35.4 Å². The van der Waals surface area contributed by atoms with E-state index in [1.165, 1.54) is 0 Å². The van der Waals surface area contributed by atoms with Crippen LogP contribution in [0.15, 0.2) is 24.3 Å². The number of rotatable bonds is 5. The number of nitrogens with zero attached hydrogens (tertiary/aromatic N) is 1. The lowest BCUT2D eigenvalue weighted by atomic mass is 10.1. The summed E-state index contributed by atoms with van der Waals surface area (Å²) in [6.07, 6.45) is 0. The first-order chi connectivity index (χ1) is 7.19. The topological polar surface area (TPSA) is 40.2 Å². The van der Waals surface area contributed by atoms with Gasteiger partial charge in [0, 0.05) is 6.54 Å². The highest BCUT2D eigenvalue weighted by atomic mass is 16.4. The fraction of sp³-hybridized carbons (Fsp3) is 0.417. The molecule has 0 aliphatic rings. The summed E-state index contributed by atoms with van der Waals surface area (Å²) in [5, 5.41) is 10.9. The Morgan fingerprint density at radius 3 is 2.33 bits per heavy atom. The van der Waals surface area contributed by atoms with Crippen LogP contribution in [0.3, 0.4) is 0 Å². The maximum absolute atomic E-state index is 10.9. The predicted octanol–water partition coefficient (Wildman–Crippen LogP) is 2.10. The van der Waals surface area contributed by atoms with E-state index in [-0.39, 0.29) is 0 Å². The van der Waals surface area contributed by atoms with E-state index in [4.69, 9.17) is 0 Å². The standard InChI is InChI=1S/C12H16NO2/c1-3-13(4-2)9-10-7-5-6-8-11(10)12(14)15/h5-8H,3-4,9H2,1-2H3. The second-order valence-electron chi connectivity index (χ2n) is 3.41. The fourth-order valence-electron chi connectivity index (χ4n) is 1.55. The van der Waals surface area contributed by atoms with Gasteiger partial charge in [0.05, 0.1) is 5.56 Å². The summed E-state index contributed by atoms with van der Waals surface area (Å²) < 4.78 is 0. The lowest BCUT2D eigenvalue weighted by Gasteiger charge is -2.18. The molecule has 0 bridgehead atoms. The van der Waals surface area contributed by atoms with Gasteiger partial charge in [-0.1, -0.05) is 32.0 Å². The van der Waals surface area contributed by atoms with Gasteiger partial charge in [-0.05, 0) is 24.7 Å². The van der Waals surface area contributed by atoms with Gasteiger partial charge in [-0.25, -0.2) is 9.90 Å². The van der Waals surface area contributed by atoms with E-state index in [2.05, 4.69) is 18.7 Å². The SMILES string of the molecule is CCN(CC)Cc1ccccc1C([O])=O. The largest absolute Gasteiger partial charge is 0.386 e. The van der Waals surface area contributed by atoms with Crippen LogP contribution < -0.4 is 0 Å². The number of hydrogen-bond acceptors (Lipinski definition) is 2. The first kappa shape index (κ1) is 11.7. The van der Waals surface area contributed by atoms with E-state index in [0.717, 1.165) is 18.7 Å². The molecule has 0 aromatic heterocycles. The van der Waals surface area contributed by atoms with Crippen LogP contribution in [0.4, 0.5) is 0 Å². The molecule has 15 heavy (non-hydrogen) atoms. The first-order valence-electron chi connectivity index (χ1n) is 5.20. The van der Waals surface area contributed by atoms with Crippen LogP contribution >= 0.6 is 0 Å². The molecule has 0 fully saturated rings. The molecule has 3 nitrogen and oxygen atoms in total. The fourth-order valence-corrected chi connectivity index (χ4v) is 1.55. The van der Waals surface area contributed by atoms with Crippen molar-refractivity contribution in [2.75, 3.05) is 13.1 Å². The van der Waals surface area contributed by atoms with Gasteiger partial charge >= 0.3 is 5.97 Å². The summed E-state index contributed by atoms with van der Waals surface area (Å²) in [4.78, 5) is 13.0. The summed E-state index contributed by atoms with van der Waals surface area (Å²) >= 11 is 0. The van der Waals surface area contributed by atoms with Crippen molar-refractivity contribution in [3.63, 3.8) is 0 Å². The molecule has 1 radical (unpaired) electrons. The van der Waals surface area contributed by atoms with Crippen LogP contribution in [-0.4, -0.2) is 24.0 Å². The minimum atomic E-state index is -1.10. The molecule has 0 heterocycles. The van der Waals surface area contributed by atoms with E-state index >= 15 is 0 Å². The van der Waals surface area contributed by atoms with Crippen LogP contribution in [0.2, 0.25) is 0 Å². The molecular weight excluding hydrogens is 190 g/mol. The van der Waals surface area contributed by atoms with Gasteiger partial charge in [0.25, 0.3) is 0 Å². The van der Waals surface area contributed by atoms with Crippen molar-refractivity contribution in [1.82, 2.24) is 4.90 Å². The second kappa shape index (κ2) is 5.51. The average molecular weight is 206 g/mol. The van der Waals surface area contributed by atoms with Crippen molar-refractivity contribution in [1.29, 1.82) is 0 Å². The molecule has 0 atom stereocenters. The van der Waals surface area contributed by atoms with E-state index in [9.17, 15) is 9.90 Å². The highest BCUT2D eigenvalue weighted by Gasteiger charge is 2.12. The molecule has 0 saturated heterocycles. The number of benzene rings is 1. The molecule has 1 aromatic carbocycles. The smallest absolute Gasteiger partial charge is 0.300 e. The zero-order chi connectivity index (χ0) is 11.3. The Morgan fingerprint density at radius 1 is 1.20 bits per heavy atom. The molecule has 0 N–H and O–H groups in total. The number of carbonyl (C=O) groups excluding carboxylic acids is 1. The van der Waals surface area contributed by atoms with Crippen LogP contribution in [-0.2, 0) is 11.7 Å². The highest BCUT2D eigenvalue weighted by Crippen LogP contribution is 2.11. The minimum Gasteiger partial charge on any atom is -0.300 e. The molecular formula is C12H16NO2. The molecule has 0 saturated carbocycles. The predicted molar refractivity (Wildman–Crippen MR) is 58.1 cm³/mol. The van der Waals surface area contributed by atoms with Gasteiger partial charge in [0.2, 0.25) is 0 Å². The molecule has 1 aromatic rings. The minimum absolute atomic E-state index is 0.296. The summed E-state index contributed by atoms with van der Waals surface area (Å²) in [6, 6.07) is 7.00. The van der Waals surface area contributed by atoms with Crippen LogP contribution in [0.1, 0.15) is 29.8 Å². The van der Waals surface area contributed by atoms with Gasteiger partial charge in [0.1, 0.15) is 0 Å². The Labute approximate surface area is 90.3 Å². The maximum Gasteiger partial charge on any atom is 0.386 e. The maximum atomic E-state index is 10.9. The Morgan fingerprint density at radius 2 is 1.80 bits per heavy atom. The quantitative estimate of drug-likeness (QED) is 0.740. The third kappa shape index (κ3) is 3.06. The molecule has 0 aliphatic heterocycles. The zero-order valence-electron chi connectivity index (χ0n) is 9.19.